The van der Waals surface area contributed by atoms with Gasteiger partial charge in [0.1, 0.15) is 6.10 Å². The molecule has 1 aliphatic heterocycles. The molecule has 0 aromatic rings. The van der Waals surface area contributed by atoms with Gasteiger partial charge < -0.3 is 24.8 Å². The fourth-order valence-electron chi connectivity index (χ4n) is 10.2. The van der Waals surface area contributed by atoms with Crippen molar-refractivity contribution in [2.45, 2.75) is 138 Å². The van der Waals surface area contributed by atoms with Gasteiger partial charge >= 0.3 is 11.9 Å². The molecule has 0 aromatic heterocycles. The molecule has 0 amide bonds. The molecule has 43 heavy (non-hydrogen) atoms. The predicted octanol–water partition coefficient (Wildman–Crippen LogP) is 6.71. The summed E-state index contributed by atoms with van der Waals surface area (Å²) < 4.78 is 12.6. The first-order valence-electron chi connectivity index (χ1n) is 16.7. The predicted molar refractivity (Wildman–Crippen MR) is 167 cm³/mol. The van der Waals surface area contributed by atoms with Crippen molar-refractivity contribution in [2.24, 2.45) is 45.8 Å². The number of esters is 1. The maximum atomic E-state index is 13.5. The molecule has 0 radical (unpaired) electrons. The van der Waals surface area contributed by atoms with Crippen LogP contribution in [0.3, 0.4) is 0 Å². The SMILES string of the molecule is CCC(C)C(O)C(=O)OC1CC(C(C)(C)O)C(C)(CCC(=O)O)C2CCC3(C)C(=CCC3C3COC(C=C(C)C)C3)C12C. The van der Waals surface area contributed by atoms with Crippen molar-refractivity contribution in [3.63, 3.8) is 0 Å². The molecule has 4 aliphatic rings. The third kappa shape index (κ3) is 6.12. The third-order valence-corrected chi connectivity index (χ3v) is 12.5. The number of rotatable bonds is 10. The Morgan fingerprint density at radius 2 is 1.88 bits per heavy atom. The molecule has 1 saturated heterocycles. The molecule has 1 heterocycles. The van der Waals surface area contributed by atoms with E-state index in [-0.39, 0.29) is 35.7 Å². The summed E-state index contributed by atoms with van der Waals surface area (Å²) in [6.07, 6.45) is 8.33. The highest BCUT2D eigenvalue weighted by atomic mass is 16.6. The largest absolute Gasteiger partial charge is 0.481 e. The molecular formula is C36H58O7. The zero-order valence-corrected chi connectivity index (χ0v) is 28.1. The molecular weight excluding hydrogens is 544 g/mol. The molecule has 11 unspecified atom stereocenters. The van der Waals surface area contributed by atoms with Gasteiger partial charge in [0.05, 0.1) is 18.3 Å². The van der Waals surface area contributed by atoms with E-state index in [4.69, 9.17) is 9.47 Å². The second-order valence-electron chi connectivity index (χ2n) is 16.0. The first kappa shape index (κ1) is 34.2. The topological polar surface area (TPSA) is 113 Å². The van der Waals surface area contributed by atoms with Crippen molar-refractivity contribution in [2.75, 3.05) is 6.61 Å². The molecule has 3 N–H and O–H groups in total. The maximum Gasteiger partial charge on any atom is 0.335 e. The van der Waals surface area contributed by atoms with Crippen LogP contribution in [-0.2, 0) is 19.1 Å². The molecule has 11 atom stereocenters. The molecule has 4 rings (SSSR count). The number of fused-ring (bicyclic) bond motifs is 3. The lowest BCUT2D eigenvalue weighted by Crippen LogP contribution is -2.64. The van der Waals surface area contributed by atoms with Gasteiger partial charge in [0.2, 0.25) is 0 Å². The van der Waals surface area contributed by atoms with Gasteiger partial charge in [0.15, 0.2) is 6.10 Å². The molecule has 3 fully saturated rings. The molecule has 0 aromatic carbocycles. The van der Waals surface area contributed by atoms with Crippen molar-refractivity contribution in [1.29, 1.82) is 0 Å². The Hall–Kier alpha value is -1.70. The van der Waals surface area contributed by atoms with E-state index in [1.807, 2.05) is 13.8 Å². The number of ether oxygens (including phenoxy) is 2. The minimum absolute atomic E-state index is 0.000563. The first-order chi connectivity index (χ1) is 19.9. The molecule has 0 spiro atoms. The standard InChI is InChI=1S/C36H58O7/c1-10-22(4)31(39)32(40)43-29-19-28(33(5,6)41)35(8,16-14-30(37)38)27-13-15-34(7)25(11-12-26(34)36(27,29)9)23-18-24(42-20-23)17-21(2)3/h12,17,22-25,27-29,31,39,41H,10-11,13-16,18-20H2,1-9H3,(H,37,38). The van der Waals surface area contributed by atoms with Gasteiger partial charge in [-0.15, -0.1) is 0 Å². The van der Waals surface area contributed by atoms with Crippen molar-refractivity contribution < 1.29 is 34.4 Å². The Morgan fingerprint density at radius 1 is 1.21 bits per heavy atom. The highest BCUT2D eigenvalue weighted by Gasteiger charge is 2.68. The number of carbonyl (C=O) groups is 2. The number of carboxylic acid groups (broad SMARTS) is 1. The smallest absolute Gasteiger partial charge is 0.335 e. The Bertz CT molecular complexity index is 1120. The third-order valence-electron chi connectivity index (χ3n) is 12.5. The van der Waals surface area contributed by atoms with Gasteiger partial charge in [-0.2, -0.15) is 0 Å². The number of hydrogen-bond acceptors (Lipinski definition) is 6. The van der Waals surface area contributed by atoms with Crippen LogP contribution >= 0.6 is 0 Å². The average molecular weight is 603 g/mol. The van der Waals surface area contributed by atoms with Gasteiger partial charge in [0.25, 0.3) is 0 Å². The zero-order valence-electron chi connectivity index (χ0n) is 28.1. The summed E-state index contributed by atoms with van der Waals surface area (Å²) in [6, 6.07) is 0. The van der Waals surface area contributed by atoms with Crippen LogP contribution in [0.15, 0.2) is 23.3 Å². The number of allylic oxidation sites excluding steroid dienone is 2. The Kier molecular flexibility index (Phi) is 9.73. The minimum Gasteiger partial charge on any atom is -0.481 e. The average Bonchev–Trinajstić information content (AvgIpc) is 3.51. The molecule has 3 aliphatic carbocycles. The lowest BCUT2D eigenvalue weighted by Gasteiger charge is -2.66. The van der Waals surface area contributed by atoms with E-state index >= 15 is 0 Å². The van der Waals surface area contributed by atoms with Crippen LogP contribution in [-0.4, -0.2) is 57.8 Å². The summed E-state index contributed by atoms with van der Waals surface area (Å²) in [4.78, 5) is 25.4. The summed E-state index contributed by atoms with van der Waals surface area (Å²) in [7, 11) is 0. The Morgan fingerprint density at radius 3 is 2.47 bits per heavy atom. The van der Waals surface area contributed by atoms with Crippen LogP contribution in [0.1, 0.15) is 114 Å². The number of hydrogen-bond donors (Lipinski definition) is 3. The summed E-state index contributed by atoms with van der Waals surface area (Å²) in [5.74, 6) is -1.11. The fourth-order valence-corrected chi connectivity index (χ4v) is 10.2. The van der Waals surface area contributed by atoms with E-state index in [9.17, 15) is 24.9 Å². The van der Waals surface area contributed by atoms with E-state index in [0.29, 0.717) is 31.1 Å². The van der Waals surface area contributed by atoms with Gasteiger partial charge in [-0.25, -0.2) is 4.79 Å². The normalized spacial score (nSPS) is 40.6. The second-order valence-corrected chi connectivity index (χ2v) is 16.0. The summed E-state index contributed by atoms with van der Waals surface area (Å²) in [5.41, 5.74) is 0.328. The van der Waals surface area contributed by atoms with Crippen LogP contribution in [0.2, 0.25) is 0 Å². The van der Waals surface area contributed by atoms with Crippen LogP contribution < -0.4 is 0 Å². The van der Waals surface area contributed by atoms with Crippen molar-refractivity contribution in [3.05, 3.63) is 23.3 Å². The first-order valence-corrected chi connectivity index (χ1v) is 16.7. The van der Waals surface area contributed by atoms with E-state index < -0.39 is 40.6 Å². The molecule has 244 valence electrons. The molecule has 2 saturated carbocycles. The quantitative estimate of drug-likeness (QED) is 0.188. The number of aliphatic carboxylic acids is 1. The number of aliphatic hydroxyl groups is 2. The lowest BCUT2D eigenvalue weighted by atomic mass is 9.39. The second kappa shape index (κ2) is 12.2. The van der Waals surface area contributed by atoms with Crippen LogP contribution in [0, 0.1) is 45.8 Å². The highest BCUT2D eigenvalue weighted by molar-refractivity contribution is 5.75. The summed E-state index contributed by atoms with van der Waals surface area (Å²) >= 11 is 0. The van der Waals surface area contributed by atoms with E-state index in [0.717, 1.165) is 32.3 Å². The zero-order chi connectivity index (χ0) is 32.1. The summed E-state index contributed by atoms with van der Waals surface area (Å²) in [6.45, 7) is 19.1. The van der Waals surface area contributed by atoms with Crippen molar-refractivity contribution in [1.82, 2.24) is 0 Å². The number of carboxylic acids is 1. The van der Waals surface area contributed by atoms with Gasteiger partial charge in [0, 0.05) is 11.8 Å². The summed E-state index contributed by atoms with van der Waals surface area (Å²) in [5, 5.41) is 32.2. The maximum absolute atomic E-state index is 13.5. The van der Waals surface area contributed by atoms with Crippen LogP contribution in [0.5, 0.6) is 0 Å². The van der Waals surface area contributed by atoms with E-state index in [2.05, 4.69) is 46.8 Å². The van der Waals surface area contributed by atoms with Gasteiger partial charge in [-0.3, -0.25) is 4.79 Å². The van der Waals surface area contributed by atoms with Crippen molar-refractivity contribution >= 4 is 11.9 Å². The molecule has 7 heteroatoms. The van der Waals surface area contributed by atoms with Crippen molar-refractivity contribution in [3.8, 4) is 0 Å². The van der Waals surface area contributed by atoms with E-state index in [1.165, 1.54) is 11.1 Å². The highest BCUT2D eigenvalue weighted by Crippen LogP contribution is 2.72. The van der Waals surface area contributed by atoms with Gasteiger partial charge in [-0.1, -0.05) is 64.3 Å². The van der Waals surface area contributed by atoms with E-state index in [1.54, 1.807) is 13.8 Å². The van der Waals surface area contributed by atoms with Crippen LogP contribution in [0.4, 0.5) is 0 Å². The number of carbonyl (C=O) groups excluding carboxylic acids is 1. The Labute approximate surface area is 259 Å². The number of aliphatic hydroxyl groups excluding tert-OH is 1. The minimum atomic E-state index is -1.21. The molecule has 7 nitrogen and oxygen atoms in total. The molecule has 0 bridgehead atoms. The lowest BCUT2D eigenvalue weighted by molar-refractivity contribution is -0.214. The van der Waals surface area contributed by atoms with Crippen LogP contribution in [0.25, 0.3) is 0 Å². The monoisotopic (exact) mass is 602 g/mol. The van der Waals surface area contributed by atoms with Gasteiger partial charge in [-0.05, 0) is 107 Å². The fraction of sp³-hybridized carbons (Fsp3) is 0.833. The Balaban J connectivity index is 1.76.